The molecule has 1 saturated heterocycles. The summed E-state index contributed by atoms with van der Waals surface area (Å²) in [6.07, 6.45) is 3.03. The number of nitrogens with zero attached hydrogens (tertiary/aromatic N) is 1. The SMILES string of the molecule is O=C(c1ccc(CNS(=O)(=O)c2ccc(F)cc2)cc1)N1CCC(Cc2ccccc2)CC1. The maximum atomic E-state index is 13.0. The van der Waals surface area contributed by atoms with Gasteiger partial charge in [0.1, 0.15) is 5.82 Å². The molecule has 1 aliphatic heterocycles. The van der Waals surface area contributed by atoms with Crippen LogP contribution in [0.25, 0.3) is 0 Å². The third-order valence-corrected chi connectivity index (χ3v) is 7.48. The molecule has 3 aromatic carbocycles. The van der Waals surface area contributed by atoms with Crippen molar-refractivity contribution in [3.05, 3.63) is 101 Å². The lowest BCUT2D eigenvalue weighted by molar-refractivity contribution is 0.0690. The Morgan fingerprint density at radius 1 is 0.879 bits per heavy atom. The number of hydrogen-bond acceptors (Lipinski definition) is 3. The zero-order chi connectivity index (χ0) is 23.3. The Morgan fingerprint density at radius 3 is 2.15 bits per heavy atom. The standard InChI is InChI=1S/C26H27FN2O3S/c27-24-10-12-25(13-11-24)33(31,32)28-19-22-6-8-23(9-7-22)26(30)29-16-14-21(15-17-29)18-20-4-2-1-3-5-20/h1-13,21,28H,14-19H2. The lowest BCUT2D eigenvalue weighted by Crippen LogP contribution is -2.38. The fourth-order valence-corrected chi connectivity index (χ4v) is 5.13. The summed E-state index contributed by atoms with van der Waals surface area (Å²) in [7, 11) is -3.74. The monoisotopic (exact) mass is 466 g/mol. The number of halogens is 1. The van der Waals surface area contributed by atoms with Crippen molar-refractivity contribution in [2.45, 2.75) is 30.7 Å². The van der Waals surface area contributed by atoms with Gasteiger partial charge in [0.2, 0.25) is 10.0 Å². The minimum atomic E-state index is -3.74. The lowest BCUT2D eigenvalue weighted by Gasteiger charge is -2.32. The molecule has 33 heavy (non-hydrogen) atoms. The molecule has 0 spiro atoms. The van der Waals surface area contributed by atoms with E-state index < -0.39 is 15.8 Å². The Labute approximate surface area is 194 Å². The van der Waals surface area contributed by atoms with E-state index in [-0.39, 0.29) is 17.3 Å². The Hall–Kier alpha value is -3.03. The molecule has 1 aliphatic rings. The smallest absolute Gasteiger partial charge is 0.253 e. The van der Waals surface area contributed by atoms with E-state index in [1.54, 1.807) is 24.3 Å². The van der Waals surface area contributed by atoms with Crippen LogP contribution in [0.2, 0.25) is 0 Å². The first-order valence-electron chi connectivity index (χ1n) is 11.1. The van der Waals surface area contributed by atoms with Crippen LogP contribution >= 0.6 is 0 Å². The molecule has 0 atom stereocenters. The molecule has 0 bridgehead atoms. The van der Waals surface area contributed by atoms with Crippen LogP contribution in [0.1, 0.15) is 34.3 Å². The van der Waals surface area contributed by atoms with Gasteiger partial charge in [0.25, 0.3) is 5.91 Å². The summed E-state index contributed by atoms with van der Waals surface area (Å²) in [5.74, 6) is 0.106. The first kappa shape index (κ1) is 23.1. The topological polar surface area (TPSA) is 66.5 Å². The molecule has 1 heterocycles. The number of carbonyl (C=O) groups is 1. The summed E-state index contributed by atoms with van der Waals surface area (Å²) in [4.78, 5) is 14.8. The number of sulfonamides is 1. The number of piperidine rings is 1. The lowest BCUT2D eigenvalue weighted by atomic mass is 9.90. The van der Waals surface area contributed by atoms with Crippen molar-refractivity contribution in [1.29, 1.82) is 0 Å². The highest BCUT2D eigenvalue weighted by molar-refractivity contribution is 7.89. The minimum absolute atomic E-state index is 0.00589. The fraction of sp³-hybridized carbons (Fsp3) is 0.269. The molecule has 0 aromatic heterocycles. The van der Waals surface area contributed by atoms with Crippen molar-refractivity contribution in [2.75, 3.05) is 13.1 Å². The third-order valence-electron chi connectivity index (χ3n) is 6.06. The van der Waals surface area contributed by atoms with Crippen LogP contribution in [-0.2, 0) is 23.0 Å². The second kappa shape index (κ2) is 10.3. The van der Waals surface area contributed by atoms with E-state index in [2.05, 4.69) is 29.0 Å². The minimum Gasteiger partial charge on any atom is -0.339 e. The summed E-state index contributed by atoms with van der Waals surface area (Å²) < 4.78 is 40.2. The number of likely N-dealkylation sites (tertiary alicyclic amines) is 1. The molecule has 0 unspecified atom stereocenters. The zero-order valence-electron chi connectivity index (χ0n) is 18.3. The first-order chi connectivity index (χ1) is 15.9. The van der Waals surface area contributed by atoms with E-state index in [0.29, 0.717) is 11.5 Å². The number of nitrogens with one attached hydrogen (secondary N) is 1. The Bertz CT molecular complexity index is 1170. The van der Waals surface area contributed by atoms with Crippen molar-refractivity contribution in [3.63, 3.8) is 0 Å². The molecule has 4 rings (SSSR count). The van der Waals surface area contributed by atoms with Gasteiger partial charge >= 0.3 is 0 Å². The molecule has 0 saturated carbocycles. The van der Waals surface area contributed by atoms with Gasteiger partial charge < -0.3 is 4.90 Å². The summed E-state index contributed by atoms with van der Waals surface area (Å²) >= 11 is 0. The van der Waals surface area contributed by atoms with Crippen LogP contribution in [0.15, 0.2) is 83.8 Å². The van der Waals surface area contributed by atoms with Gasteiger partial charge in [-0.1, -0.05) is 42.5 Å². The van der Waals surface area contributed by atoms with Gasteiger partial charge in [-0.15, -0.1) is 0 Å². The highest BCUT2D eigenvalue weighted by Crippen LogP contribution is 2.23. The van der Waals surface area contributed by atoms with Crippen LogP contribution in [0.5, 0.6) is 0 Å². The molecule has 5 nitrogen and oxygen atoms in total. The highest BCUT2D eigenvalue weighted by Gasteiger charge is 2.24. The quantitative estimate of drug-likeness (QED) is 0.561. The Kier molecular flexibility index (Phi) is 7.20. The van der Waals surface area contributed by atoms with Gasteiger partial charge in [-0.3, -0.25) is 4.79 Å². The molecule has 1 fully saturated rings. The van der Waals surface area contributed by atoms with Crippen LogP contribution in [0.3, 0.4) is 0 Å². The van der Waals surface area contributed by atoms with Crippen LogP contribution in [0, 0.1) is 11.7 Å². The normalized spacial score (nSPS) is 14.9. The summed E-state index contributed by atoms with van der Waals surface area (Å²) in [6, 6.07) is 22.1. The van der Waals surface area contributed by atoms with E-state index >= 15 is 0 Å². The average Bonchev–Trinajstić information content (AvgIpc) is 2.84. The Balaban J connectivity index is 1.29. The Morgan fingerprint density at radius 2 is 1.52 bits per heavy atom. The molecule has 7 heteroatoms. The third kappa shape index (κ3) is 6.06. The van der Waals surface area contributed by atoms with Crippen LogP contribution < -0.4 is 4.72 Å². The summed E-state index contributed by atoms with van der Waals surface area (Å²) in [5, 5.41) is 0. The van der Waals surface area contributed by atoms with Crippen LogP contribution in [0.4, 0.5) is 4.39 Å². The molecular weight excluding hydrogens is 439 g/mol. The molecule has 1 N–H and O–H groups in total. The van der Waals surface area contributed by atoms with E-state index in [1.807, 2.05) is 11.0 Å². The highest BCUT2D eigenvalue weighted by atomic mass is 32.2. The van der Waals surface area contributed by atoms with Crippen LogP contribution in [-0.4, -0.2) is 32.3 Å². The van der Waals surface area contributed by atoms with Crippen molar-refractivity contribution < 1.29 is 17.6 Å². The van der Waals surface area contributed by atoms with E-state index in [4.69, 9.17) is 0 Å². The molecular formula is C26H27FN2O3S. The summed E-state index contributed by atoms with van der Waals surface area (Å²) in [6.45, 7) is 1.57. The number of amides is 1. The van der Waals surface area contributed by atoms with Gasteiger partial charge in [0, 0.05) is 25.2 Å². The number of rotatable bonds is 7. The molecule has 0 aliphatic carbocycles. The van der Waals surface area contributed by atoms with Gasteiger partial charge in [-0.25, -0.2) is 17.5 Å². The number of benzene rings is 3. The largest absolute Gasteiger partial charge is 0.339 e. The zero-order valence-corrected chi connectivity index (χ0v) is 19.1. The van der Waals surface area contributed by atoms with Crippen molar-refractivity contribution in [1.82, 2.24) is 9.62 Å². The predicted molar refractivity (Wildman–Crippen MR) is 126 cm³/mol. The van der Waals surface area contributed by atoms with Crippen molar-refractivity contribution >= 4 is 15.9 Å². The predicted octanol–water partition coefficient (Wildman–Crippen LogP) is 4.40. The van der Waals surface area contributed by atoms with Gasteiger partial charge in [0.05, 0.1) is 4.90 Å². The second-order valence-electron chi connectivity index (χ2n) is 8.40. The molecule has 0 radical (unpaired) electrons. The van der Waals surface area contributed by atoms with E-state index in [0.717, 1.165) is 50.0 Å². The molecule has 3 aromatic rings. The average molecular weight is 467 g/mol. The number of carbonyl (C=O) groups excluding carboxylic acids is 1. The molecule has 172 valence electrons. The van der Waals surface area contributed by atoms with Crippen molar-refractivity contribution in [2.24, 2.45) is 5.92 Å². The van der Waals surface area contributed by atoms with Gasteiger partial charge in [-0.2, -0.15) is 0 Å². The first-order valence-corrected chi connectivity index (χ1v) is 12.6. The van der Waals surface area contributed by atoms with Crippen molar-refractivity contribution in [3.8, 4) is 0 Å². The van der Waals surface area contributed by atoms with Gasteiger partial charge in [-0.05, 0) is 72.7 Å². The molecule has 1 amide bonds. The van der Waals surface area contributed by atoms with Gasteiger partial charge in [0.15, 0.2) is 0 Å². The maximum absolute atomic E-state index is 13.0. The maximum Gasteiger partial charge on any atom is 0.253 e. The second-order valence-corrected chi connectivity index (χ2v) is 10.2. The summed E-state index contributed by atoms with van der Waals surface area (Å²) in [5.41, 5.74) is 2.67. The fourth-order valence-electron chi connectivity index (χ4n) is 4.11. The van der Waals surface area contributed by atoms with E-state index in [9.17, 15) is 17.6 Å². The number of hydrogen-bond donors (Lipinski definition) is 1. The van der Waals surface area contributed by atoms with E-state index in [1.165, 1.54) is 17.7 Å².